The lowest BCUT2D eigenvalue weighted by atomic mass is 9.96. The van der Waals surface area contributed by atoms with Crippen molar-refractivity contribution in [3.63, 3.8) is 0 Å². The fraction of sp³-hybridized carbons (Fsp3) is 0.364. The Bertz CT molecular complexity index is 759. The number of piperidine rings is 1. The monoisotopic (exact) mass is 366 g/mol. The quantitative estimate of drug-likeness (QED) is 0.851. The van der Waals surface area contributed by atoms with Gasteiger partial charge in [-0.05, 0) is 49.6 Å². The summed E-state index contributed by atoms with van der Waals surface area (Å²) in [6, 6.07) is 17.1. The first-order chi connectivity index (χ1) is 13.2. The highest BCUT2D eigenvalue weighted by molar-refractivity contribution is 5.93. The third kappa shape index (κ3) is 5.33. The molecule has 1 atom stereocenters. The van der Waals surface area contributed by atoms with Crippen LogP contribution in [-0.2, 0) is 16.0 Å². The van der Waals surface area contributed by atoms with E-state index in [1.807, 2.05) is 66.4 Å². The molecular formula is C22H26N2O3. The lowest BCUT2D eigenvalue weighted by Crippen LogP contribution is -2.44. The van der Waals surface area contributed by atoms with Crippen LogP contribution in [0.3, 0.4) is 0 Å². The molecular weight excluding hydrogens is 340 g/mol. The van der Waals surface area contributed by atoms with E-state index in [0.29, 0.717) is 19.6 Å². The van der Waals surface area contributed by atoms with Gasteiger partial charge >= 0.3 is 0 Å². The van der Waals surface area contributed by atoms with Crippen molar-refractivity contribution in [1.29, 1.82) is 0 Å². The Balaban J connectivity index is 1.55. The van der Waals surface area contributed by atoms with E-state index >= 15 is 0 Å². The van der Waals surface area contributed by atoms with E-state index in [9.17, 15) is 9.59 Å². The van der Waals surface area contributed by atoms with Gasteiger partial charge in [-0.15, -0.1) is 0 Å². The minimum absolute atomic E-state index is 0.0311. The Kier molecular flexibility index (Phi) is 6.47. The molecule has 3 rings (SSSR count). The molecule has 0 saturated carbocycles. The SMILES string of the molecule is CCOc1ccc(NC(=O)C2CCCN(C(=O)Cc3ccccc3)C2)cc1. The number of nitrogens with one attached hydrogen (secondary N) is 1. The zero-order valence-electron chi connectivity index (χ0n) is 15.7. The Labute approximate surface area is 160 Å². The highest BCUT2D eigenvalue weighted by Gasteiger charge is 2.28. The van der Waals surface area contributed by atoms with Crippen LogP contribution < -0.4 is 10.1 Å². The molecule has 2 aromatic carbocycles. The lowest BCUT2D eigenvalue weighted by Gasteiger charge is -2.32. The summed E-state index contributed by atoms with van der Waals surface area (Å²) >= 11 is 0. The van der Waals surface area contributed by atoms with Gasteiger partial charge in [-0.1, -0.05) is 30.3 Å². The number of carbonyl (C=O) groups excluding carboxylic acids is 2. The van der Waals surface area contributed by atoms with E-state index in [4.69, 9.17) is 4.74 Å². The molecule has 142 valence electrons. The third-order valence-corrected chi connectivity index (χ3v) is 4.78. The van der Waals surface area contributed by atoms with Gasteiger partial charge in [0.2, 0.25) is 11.8 Å². The van der Waals surface area contributed by atoms with Crippen LogP contribution in [0.25, 0.3) is 0 Å². The average Bonchev–Trinajstić information content (AvgIpc) is 2.70. The molecule has 0 aromatic heterocycles. The second-order valence-corrected chi connectivity index (χ2v) is 6.79. The van der Waals surface area contributed by atoms with Gasteiger partial charge in [0, 0.05) is 18.8 Å². The van der Waals surface area contributed by atoms with Crippen molar-refractivity contribution in [1.82, 2.24) is 4.90 Å². The maximum Gasteiger partial charge on any atom is 0.229 e. The van der Waals surface area contributed by atoms with Crippen molar-refractivity contribution < 1.29 is 14.3 Å². The number of likely N-dealkylation sites (tertiary alicyclic amines) is 1. The Morgan fingerprint density at radius 2 is 1.85 bits per heavy atom. The van der Waals surface area contributed by atoms with E-state index in [2.05, 4.69) is 5.32 Å². The molecule has 1 N–H and O–H groups in total. The summed E-state index contributed by atoms with van der Waals surface area (Å²) in [5, 5.41) is 2.96. The molecule has 5 nitrogen and oxygen atoms in total. The van der Waals surface area contributed by atoms with Gasteiger partial charge in [-0.3, -0.25) is 9.59 Å². The molecule has 2 amide bonds. The molecule has 0 radical (unpaired) electrons. The molecule has 0 spiro atoms. The minimum atomic E-state index is -0.176. The summed E-state index contributed by atoms with van der Waals surface area (Å²) < 4.78 is 5.41. The fourth-order valence-electron chi connectivity index (χ4n) is 3.35. The molecule has 27 heavy (non-hydrogen) atoms. The number of carbonyl (C=O) groups is 2. The molecule has 1 saturated heterocycles. The first kappa shape index (κ1) is 19.0. The van der Waals surface area contributed by atoms with Crippen molar-refractivity contribution in [2.24, 2.45) is 5.92 Å². The van der Waals surface area contributed by atoms with Crippen molar-refractivity contribution in [2.75, 3.05) is 25.0 Å². The summed E-state index contributed by atoms with van der Waals surface area (Å²) in [6.45, 7) is 3.75. The summed E-state index contributed by atoms with van der Waals surface area (Å²) in [5.74, 6) is 0.659. The van der Waals surface area contributed by atoms with Crippen LogP contribution in [0.1, 0.15) is 25.3 Å². The molecule has 1 fully saturated rings. The van der Waals surface area contributed by atoms with Gasteiger partial charge < -0.3 is 15.0 Å². The Morgan fingerprint density at radius 3 is 2.56 bits per heavy atom. The molecule has 1 aliphatic heterocycles. The highest BCUT2D eigenvalue weighted by atomic mass is 16.5. The third-order valence-electron chi connectivity index (χ3n) is 4.78. The van der Waals surface area contributed by atoms with Crippen LogP contribution in [0.5, 0.6) is 5.75 Å². The first-order valence-corrected chi connectivity index (χ1v) is 9.51. The summed E-state index contributed by atoms with van der Waals surface area (Å²) in [4.78, 5) is 27.0. The standard InChI is InChI=1S/C22H26N2O3/c1-2-27-20-12-10-19(11-13-20)23-22(26)18-9-6-14-24(16-18)21(25)15-17-7-4-3-5-8-17/h3-5,7-8,10-13,18H,2,6,9,14-16H2,1H3,(H,23,26). The van der Waals surface area contributed by atoms with Gasteiger partial charge in [0.15, 0.2) is 0 Å². The topological polar surface area (TPSA) is 58.6 Å². The van der Waals surface area contributed by atoms with Gasteiger partial charge in [-0.25, -0.2) is 0 Å². The Morgan fingerprint density at radius 1 is 1.11 bits per heavy atom. The second kappa shape index (κ2) is 9.21. The summed E-state index contributed by atoms with van der Waals surface area (Å²) in [6.07, 6.45) is 2.04. The molecule has 1 unspecified atom stereocenters. The number of rotatable bonds is 6. The summed E-state index contributed by atoms with van der Waals surface area (Å²) in [7, 11) is 0. The van der Waals surface area contributed by atoms with Crippen LogP contribution in [0, 0.1) is 5.92 Å². The maximum atomic E-state index is 12.6. The van der Waals surface area contributed by atoms with Crippen LogP contribution in [0.15, 0.2) is 54.6 Å². The predicted octanol–water partition coefficient (Wildman–Crippen LogP) is 3.51. The molecule has 1 aliphatic rings. The molecule has 0 aliphatic carbocycles. The smallest absolute Gasteiger partial charge is 0.229 e. The molecule has 0 bridgehead atoms. The van der Waals surface area contributed by atoms with Crippen LogP contribution in [0.4, 0.5) is 5.69 Å². The van der Waals surface area contributed by atoms with Crippen LogP contribution >= 0.6 is 0 Å². The lowest BCUT2D eigenvalue weighted by molar-refractivity contribution is -0.133. The van der Waals surface area contributed by atoms with Crippen molar-refractivity contribution in [2.45, 2.75) is 26.2 Å². The zero-order valence-corrected chi connectivity index (χ0v) is 15.7. The molecule has 2 aromatic rings. The number of anilines is 1. The van der Waals surface area contributed by atoms with E-state index < -0.39 is 0 Å². The number of ether oxygens (including phenoxy) is 1. The van der Waals surface area contributed by atoms with E-state index in [1.165, 1.54) is 0 Å². The Hall–Kier alpha value is -2.82. The van der Waals surface area contributed by atoms with E-state index in [0.717, 1.165) is 36.4 Å². The van der Waals surface area contributed by atoms with E-state index in [-0.39, 0.29) is 17.7 Å². The minimum Gasteiger partial charge on any atom is -0.494 e. The van der Waals surface area contributed by atoms with Gasteiger partial charge in [0.05, 0.1) is 18.9 Å². The number of benzene rings is 2. The van der Waals surface area contributed by atoms with Crippen molar-refractivity contribution >= 4 is 17.5 Å². The normalized spacial score (nSPS) is 16.6. The number of hydrogen-bond acceptors (Lipinski definition) is 3. The first-order valence-electron chi connectivity index (χ1n) is 9.51. The number of hydrogen-bond donors (Lipinski definition) is 1. The predicted molar refractivity (Wildman–Crippen MR) is 106 cm³/mol. The van der Waals surface area contributed by atoms with Gasteiger partial charge in [0.1, 0.15) is 5.75 Å². The largest absolute Gasteiger partial charge is 0.494 e. The second-order valence-electron chi connectivity index (χ2n) is 6.79. The fourth-order valence-corrected chi connectivity index (χ4v) is 3.35. The average molecular weight is 366 g/mol. The van der Waals surface area contributed by atoms with Crippen molar-refractivity contribution in [3.05, 3.63) is 60.2 Å². The van der Waals surface area contributed by atoms with Crippen molar-refractivity contribution in [3.8, 4) is 5.75 Å². The molecule has 1 heterocycles. The number of nitrogens with zero attached hydrogens (tertiary/aromatic N) is 1. The van der Waals surface area contributed by atoms with Gasteiger partial charge in [-0.2, -0.15) is 0 Å². The van der Waals surface area contributed by atoms with E-state index in [1.54, 1.807) is 0 Å². The summed E-state index contributed by atoms with van der Waals surface area (Å²) in [5.41, 5.74) is 1.75. The maximum absolute atomic E-state index is 12.6. The van der Waals surface area contributed by atoms with Gasteiger partial charge in [0.25, 0.3) is 0 Å². The number of amides is 2. The van der Waals surface area contributed by atoms with Crippen LogP contribution in [-0.4, -0.2) is 36.4 Å². The highest BCUT2D eigenvalue weighted by Crippen LogP contribution is 2.21. The molecule has 5 heteroatoms. The zero-order chi connectivity index (χ0) is 19.1. The van der Waals surface area contributed by atoms with Crippen LogP contribution in [0.2, 0.25) is 0 Å².